The van der Waals surface area contributed by atoms with Gasteiger partial charge in [-0.05, 0) is 18.6 Å². The van der Waals surface area contributed by atoms with Crippen molar-refractivity contribution < 1.29 is 19.1 Å². The Labute approximate surface area is 140 Å². The third kappa shape index (κ3) is 2.81. The zero-order valence-corrected chi connectivity index (χ0v) is 14.1. The zero-order chi connectivity index (χ0) is 17.4. The van der Waals surface area contributed by atoms with E-state index in [-0.39, 0.29) is 30.4 Å². The zero-order valence-electron chi connectivity index (χ0n) is 14.1. The van der Waals surface area contributed by atoms with Crippen LogP contribution < -0.4 is 4.74 Å². The molecule has 3 rings (SSSR count). The summed E-state index contributed by atoms with van der Waals surface area (Å²) in [5, 5.41) is 0. The second-order valence-corrected chi connectivity index (χ2v) is 6.31. The summed E-state index contributed by atoms with van der Waals surface area (Å²) in [4.78, 5) is 40.1. The van der Waals surface area contributed by atoms with Crippen LogP contribution in [0.25, 0.3) is 0 Å². The predicted octanol–water partition coefficient (Wildman–Crippen LogP) is 0.867. The number of para-hydroxylation sites is 1. The maximum absolute atomic E-state index is 12.3. The van der Waals surface area contributed by atoms with Crippen molar-refractivity contribution in [3.05, 3.63) is 29.8 Å². The van der Waals surface area contributed by atoms with Gasteiger partial charge in [-0.2, -0.15) is 0 Å². The Kier molecular flexibility index (Phi) is 4.17. The highest BCUT2D eigenvalue weighted by Gasteiger charge is 2.43. The number of likely N-dealkylation sites (tertiary alicyclic amines) is 1. The topological polar surface area (TPSA) is 70.2 Å². The van der Waals surface area contributed by atoms with Gasteiger partial charge in [0.25, 0.3) is 5.91 Å². The maximum atomic E-state index is 12.3. The number of urea groups is 1. The van der Waals surface area contributed by atoms with Crippen molar-refractivity contribution in [1.29, 1.82) is 0 Å². The number of carbonyl (C=O) groups is 3. The molecule has 2 aliphatic rings. The number of hydrogen-bond donors (Lipinski definition) is 0. The van der Waals surface area contributed by atoms with E-state index in [2.05, 4.69) is 0 Å². The van der Waals surface area contributed by atoms with Crippen LogP contribution in [0.3, 0.4) is 0 Å². The molecule has 128 valence electrons. The molecule has 7 heteroatoms. The van der Waals surface area contributed by atoms with E-state index in [1.165, 1.54) is 11.9 Å². The van der Waals surface area contributed by atoms with E-state index in [0.717, 1.165) is 16.2 Å². The summed E-state index contributed by atoms with van der Waals surface area (Å²) >= 11 is 0. The number of nitrogens with zero attached hydrogens (tertiary/aromatic N) is 3. The minimum absolute atomic E-state index is 0.0164. The van der Waals surface area contributed by atoms with Crippen LogP contribution in [0.1, 0.15) is 12.0 Å². The lowest BCUT2D eigenvalue weighted by molar-refractivity contribution is -0.143. The van der Waals surface area contributed by atoms with E-state index < -0.39 is 6.04 Å². The molecule has 0 bridgehead atoms. The van der Waals surface area contributed by atoms with Crippen LogP contribution in [0.5, 0.6) is 5.75 Å². The van der Waals surface area contributed by atoms with Gasteiger partial charge in [-0.15, -0.1) is 0 Å². The first-order valence-electron chi connectivity index (χ1n) is 7.93. The van der Waals surface area contributed by atoms with Gasteiger partial charge in [-0.1, -0.05) is 18.2 Å². The lowest BCUT2D eigenvalue weighted by Crippen LogP contribution is -2.57. The number of rotatable bonds is 4. The van der Waals surface area contributed by atoms with E-state index in [1.54, 1.807) is 11.9 Å². The molecule has 0 unspecified atom stereocenters. The van der Waals surface area contributed by atoms with Crippen molar-refractivity contribution in [2.75, 3.05) is 27.2 Å². The number of benzene rings is 1. The first kappa shape index (κ1) is 16.3. The highest BCUT2D eigenvalue weighted by molar-refractivity contribution is 6.05. The molecule has 0 aromatic heterocycles. The Hall–Kier alpha value is -2.57. The maximum Gasteiger partial charge on any atom is 0.326 e. The molecule has 1 aromatic rings. The standard InChI is InChI=1S/C17H21N3O4/c1-11-6-4-5-7-14(11)24-12-9-20(10-12)15(21)8-13-16(22)19(3)17(23)18(13)2/h4-7,12-13H,8-10H2,1-3H3/t13-/m0/s1. The molecule has 1 aromatic carbocycles. The van der Waals surface area contributed by atoms with Gasteiger partial charge >= 0.3 is 6.03 Å². The Bertz CT molecular complexity index is 684. The molecule has 0 saturated carbocycles. The largest absolute Gasteiger partial charge is 0.486 e. The van der Waals surface area contributed by atoms with E-state index in [9.17, 15) is 14.4 Å². The van der Waals surface area contributed by atoms with Gasteiger partial charge in [-0.3, -0.25) is 14.5 Å². The van der Waals surface area contributed by atoms with Crippen molar-refractivity contribution in [2.24, 2.45) is 0 Å². The first-order chi connectivity index (χ1) is 11.4. The van der Waals surface area contributed by atoms with Gasteiger partial charge < -0.3 is 14.5 Å². The number of likely N-dealkylation sites (N-methyl/N-ethyl adjacent to an activating group) is 2. The Morgan fingerprint density at radius 2 is 1.88 bits per heavy atom. The van der Waals surface area contributed by atoms with E-state index in [4.69, 9.17) is 4.74 Å². The van der Waals surface area contributed by atoms with Crippen LogP contribution in [-0.2, 0) is 9.59 Å². The second-order valence-electron chi connectivity index (χ2n) is 6.31. The third-order valence-corrected chi connectivity index (χ3v) is 4.63. The molecule has 1 atom stereocenters. The van der Waals surface area contributed by atoms with Crippen LogP contribution in [0, 0.1) is 6.92 Å². The summed E-state index contributed by atoms with van der Waals surface area (Å²) in [6.07, 6.45) is -0.0148. The molecule has 0 aliphatic carbocycles. The fourth-order valence-electron chi connectivity index (χ4n) is 2.96. The molecule has 0 N–H and O–H groups in total. The number of ether oxygens (including phenoxy) is 1. The molecule has 4 amide bonds. The Morgan fingerprint density at radius 1 is 1.21 bits per heavy atom. The fourth-order valence-corrected chi connectivity index (χ4v) is 2.96. The van der Waals surface area contributed by atoms with Gasteiger partial charge in [-0.25, -0.2) is 4.79 Å². The van der Waals surface area contributed by atoms with Crippen LogP contribution in [0.2, 0.25) is 0 Å². The van der Waals surface area contributed by atoms with Gasteiger partial charge in [0.2, 0.25) is 5.91 Å². The van der Waals surface area contributed by atoms with Crippen molar-refractivity contribution in [1.82, 2.24) is 14.7 Å². The lowest BCUT2D eigenvalue weighted by Gasteiger charge is -2.39. The van der Waals surface area contributed by atoms with Gasteiger partial charge in [0.15, 0.2) is 0 Å². The number of carbonyl (C=O) groups excluding carboxylic acids is 3. The fraction of sp³-hybridized carbons (Fsp3) is 0.471. The van der Waals surface area contributed by atoms with Crippen molar-refractivity contribution >= 4 is 17.8 Å². The number of imide groups is 1. The molecule has 2 heterocycles. The highest BCUT2D eigenvalue weighted by Crippen LogP contribution is 2.23. The first-order valence-corrected chi connectivity index (χ1v) is 7.93. The monoisotopic (exact) mass is 331 g/mol. The van der Waals surface area contributed by atoms with Gasteiger partial charge in [0.05, 0.1) is 19.5 Å². The SMILES string of the molecule is Cc1ccccc1OC1CN(C(=O)C[C@H]2C(=O)N(C)C(=O)N2C)C1. The normalized spacial score (nSPS) is 21.3. The summed E-state index contributed by atoms with van der Waals surface area (Å²) in [6, 6.07) is 6.68. The summed E-state index contributed by atoms with van der Waals surface area (Å²) < 4.78 is 5.87. The number of amides is 4. The van der Waals surface area contributed by atoms with Crippen LogP contribution >= 0.6 is 0 Å². The second kappa shape index (κ2) is 6.14. The highest BCUT2D eigenvalue weighted by atomic mass is 16.5. The van der Waals surface area contributed by atoms with Crippen LogP contribution in [-0.4, -0.2) is 71.9 Å². The lowest BCUT2D eigenvalue weighted by atomic mass is 10.1. The van der Waals surface area contributed by atoms with E-state index >= 15 is 0 Å². The smallest absolute Gasteiger partial charge is 0.326 e. The average Bonchev–Trinajstić information content (AvgIpc) is 2.70. The predicted molar refractivity (Wildman–Crippen MR) is 86.5 cm³/mol. The minimum Gasteiger partial charge on any atom is -0.486 e. The Morgan fingerprint density at radius 3 is 2.46 bits per heavy atom. The molecule has 2 saturated heterocycles. The van der Waals surface area contributed by atoms with Crippen LogP contribution in [0.15, 0.2) is 24.3 Å². The van der Waals surface area contributed by atoms with Crippen molar-refractivity contribution in [2.45, 2.75) is 25.5 Å². The third-order valence-electron chi connectivity index (χ3n) is 4.63. The summed E-state index contributed by atoms with van der Waals surface area (Å²) in [6.45, 7) is 2.98. The molecular weight excluding hydrogens is 310 g/mol. The van der Waals surface area contributed by atoms with E-state index in [0.29, 0.717) is 13.1 Å². The molecule has 24 heavy (non-hydrogen) atoms. The molecule has 2 aliphatic heterocycles. The quantitative estimate of drug-likeness (QED) is 0.768. The summed E-state index contributed by atoms with van der Waals surface area (Å²) in [5.74, 6) is 0.365. The molecular formula is C17H21N3O4. The summed E-state index contributed by atoms with van der Waals surface area (Å²) in [7, 11) is 2.98. The van der Waals surface area contributed by atoms with Crippen LogP contribution in [0.4, 0.5) is 4.79 Å². The van der Waals surface area contributed by atoms with Gasteiger partial charge in [0.1, 0.15) is 17.9 Å². The Balaban J connectivity index is 1.51. The van der Waals surface area contributed by atoms with Gasteiger partial charge in [0, 0.05) is 14.1 Å². The summed E-state index contributed by atoms with van der Waals surface area (Å²) in [5.41, 5.74) is 1.06. The van der Waals surface area contributed by atoms with Crippen molar-refractivity contribution in [3.8, 4) is 5.75 Å². The average molecular weight is 331 g/mol. The number of aryl methyl sites for hydroxylation is 1. The molecule has 2 fully saturated rings. The molecule has 0 spiro atoms. The molecule has 0 radical (unpaired) electrons. The van der Waals surface area contributed by atoms with Crippen molar-refractivity contribution in [3.63, 3.8) is 0 Å². The molecule has 7 nitrogen and oxygen atoms in total. The minimum atomic E-state index is -0.702. The van der Waals surface area contributed by atoms with E-state index in [1.807, 2.05) is 31.2 Å². The number of hydrogen-bond acceptors (Lipinski definition) is 4.